The molecule has 2 rings (SSSR count). The lowest BCUT2D eigenvalue weighted by molar-refractivity contribution is 0.171. The molecule has 0 bridgehead atoms. The highest BCUT2D eigenvalue weighted by Gasteiger charge is 2.25. The van der Waals surface area contributed by atoms with Crippen LogP contribution in [0.3, 0.4) is 0 Å². The Kier molecular flexibility index (Phi) is 8.23. The molecule has 0 aliphatic carbocycles. The number of nitrogen functional groups attached to an aromatic ring is 1. The molecule has 1 aromatic carbocycles. The van der Waals surface area contributed by atoms with Gasteiger partial charge in [-0.05, 0) is 31.0 Å². The van der Waals surface area contributed by atoms with Crippen molar-refractivity contribution in [3.05, 3.63) is 23.8 Å². The SMILES string of the molecule is CC(CCN(CC1CNC(=O)NC1)NS(=O)(=O)c1ccc(CO)cc1N)NC(=O)O. The van der Waals surface area contributed by atoms with Gasteiger partial charge >= 0.3 is 12.1 Å². The minimum atomic E-state index is -4.02. The Morgan fingerprint density at radius 3 is 2.60 bits per heavy atom. The molecule has 168 valence electrons. The Balaban J connectivity index is 2.13. The molecule has 13 heteroatoms. The Labute approximate surface area is 174 Å². The molecule has 1 atom stereocenters. The third kappa shape index (κ3) is 7.02. The third-order valence-electron chi connectivity index (χ3n) is 4.58. The van der Waals surface area contributed by atoms with Crippen LogP contribution in [-0.4, -0.2) is 68.0 Å². The predicted octanol–water partition coefficient (Wildman–Crippen LogP) is -0.768. The lowest BCUT2D eigenvalue weighted by Crippen LogP contribution is -2.54. The van der Waals surface area contributed by atoms with Gasteiger partial charge in [-0.25, -0.2) is 23.0 Å². The molecule has 30 heavy (non-hydrogen) atoms. The molecule has 0 radical (unpaired) electrons. The number of amides is 3. The highest BCUT2D eigenvalue weighted by atomic mass is 32.2. The largest absolute Gasteiger partial charge is 0.465 e. The molecule has 1 unspecified atom stereocenters. The Bertz CT molecular complexity index is 854. The van der Waals surface area contributed by atoms with Crippen molar-refractivity contribution in [3.8, 4) is 0 Å². The lowest BCUT2D eigenvalue weighted by atomic mass is 10.1. The summed E-state index contributed by atoms with van der Waals surface area (Å²) in [7, 11) is -4.02. The molecule has 1 aliphatic heterocycles. The number of hydrogen-bond acceptors (Lipinski definition) is 7. The van der Waals surface area contributed by atoms with Crippen LogP contribution in [0.25, 0.3) is 0 Å². The van der Waals surface area contributed by atoms with Crippen LogP contribution in [-0.2, 0) is 16.6 Å². The summed E-state index contributed by atoms with van der Waals surface area (Å²) in [6.07, 6.45) is -0.814. The molecule has 12 nitrogen and oxygen atoms in total. The van der Waals surface area contributed by atoms with Gasteiger partial charge in [0.25, 0.3) is 10.0 Å². The monoisotopic (exact) mass is 444 g/mol. The topological polar surface area (TPSA) is 186 Å². The zero-order valence-electron chi connectivity index (χ0n) is 16.6. The smallest absolute Gasteiger partial charge is 0.404 e. The second kappa shape index (κ2) is 10.4. The highest BCUT2D eigenvalue weighted by Crippen LogP contribution is 2.20. The average molecular weight is 445 g/mol. The summed E-state index contributed by atoms with van der Waals surface area (Å²) in [5, 5.41) is 27.1. The van der Waals surface area contributed by atoms with E-state index in [0.717, 1.165) is 0 Å². The molecular formula is C17H28N6O6S. The first-order valence-corrected chi connectivity index (χ1v) is 10.9. The Morgan fingerprint density at radius 1 is 1.37 bits per heavy atom. The zero-order valence-corrected chi connectivity index (χ0v) is 17.4. The maximum Gasteiger partial charge on any atom is 0.404 e. The summed E-state index contributed by atoms with van der Waals surface area (Å²) in [6.45, 7) is 2.66. The first kappa shape index (κ1) is 23.7. The van der Waals surface area contributed by atoms with E-state index in [9.17, 15) is 23.1 Å². The minimum absolute atomic E-state index is 0.00140. The first-order chi connectivity index (χ1) is 14.1. The van der Waals surface area contributed by atoms with Gasteiger partial charge in [0.2, 0.25) is 0 Å². The lowest BCUT2D eigenvalue weighted by Gasteiger charge is -2.31. The fourth-order valence-corrected chi connectivity index (χ4v) is 4.24. The van der Waals surface area contributed by atoms with Gasteiger partial charge in [0, 0.05) is 38.1 Å². The summed E-state index contributed by atoms with van der Waals surface area (Å²) < 4.78 is 25.8. The van der Waals surface area contributed by atoms with Crippen molar-refractivity contribution in [2.75, 3.05) is 31.9 Å². The molecule has 1 saturated heterocycles. The quantitative estimate of drug-likeness (QED) is 0.181. The molecule has 3 amide bonds. The maximum absolute atomic E-state index is 12.9. The molecule has 8 N–H and O–H groups in total. The number of sulfonamides is 1. The maximum atomic E-state index is 12.9. The zero-order chi connectivity index (χ0) is 22.3. The summed E-state index contributed by atoms with van der Waals surface area (Å²) in [4.78, 5) is 24.4. The molecule has 1 fully saturated rings. The van der Waals surface area contributed by atoms with Crippen molar-refractivity contribution >= 4 is 27.8 Å². The molecular weight excluding hydrogens is 416 g/mol. The predicted molar refractivity (Wildman–Crippen MR) is 109 cm³/mol. The van der Waals surface area contributed by atoms with E-state index in [4.69, 9.17) is 10.8 Å². The van der Waals surface area contributed by atoms with Crippen LogP contribution in [0.4, 0.5) is 15.3 Å². The van der Waals surface area contributed by atoms with Gasteiger partial charge in [-0.2, -0.15) is 0 Å². The third-order valence-corrected chi connectivity index (χ3v) is 6.03. The van der Waals surface area contributed by atoms with Gasteiger partial charge in [0.15, 0.2) is 0 Å². The number of hydrazine groups is 1. The van der Waals surface area contributed by atoms with Crippen LogP contribution in [0.5, 0.6) is 0 Å². The van der Waals surface area contributed by atoms with Crippen LogP contribution in [0.15, 0.2) is 23.1 Å². The van der Waals surface area contributed by atoms with Crippen molar-refractivity contribution < 1.29 is 28.2 Å². The van der Waals surface area contributed by atoms with Crippen LogP contribution >= 0.6 is 0 Å². The fourth-order valence-electron chi connectivity index (χ4n) is 3.02. The van der Waals surface area contributed by atoms with Gasteiger partial charge in [0.1, 0.15) is 4.90 Å². The number of urea groups is 1. The number of nitrogens with one attached hydrogen (secondary N) is 4. The molecule has 0 saturated carbocycles. The van der Waals surface area contributed by atoms with Gasteiger partial charge < -0.3 is 31.9 Å². The van der Waals surface area contributed by atoms with E-state index in [-0.39, 0.29) is 42.2 Å². The second-order valence-corrected chi connectivity index (χ2v) is 8.80. The van der Waals surface area contributed by atoms with Crippen molar-refractivity contribution in [2.45, 2.75) is 30.9 Å². The number of carbonyl (C=O) groups is 2. The van der Waals surface area contributed by atoms with Crippen molar-refractivity contribution in [1.82, 2.24) is 25.8 Å². The minimum Gasteiger partial charge on any atom is -0.465 e. The van der Waals surface area contributed by atoms with Crippen molar-refractivity contribution in [1.29, 1.82) is 0 Å². The first-order valence-electron chi connectivity index (χ1n) is 9.38. The fraction of sp³-hybridized carbons (Fsp3) is 0.529. The number of aliphatic hydroxyl groups is 1. The number of rotatable bonds is 10. The van der Waals surface area contributed by atoms with E-state index >= 15 is 0 Å². The van der Waals surface area contributed by atoms with Crippen LogP contribution < -0.4 is 26.5 Å². The summed E-state index contributed by atoms with van der Waals surface area (Å²) in [5.41, 5.74) is 6.34. The number of nitrogens with two attached hydrogens (primary N) is 1. The van der Waals surface area contributed by atoms with Gasteiger partial charge in [-0.3, -0.25) is 0 Å². The normalized spacial score (nSPS) is 16.0. The van der Waals surface area contributed by atoms with E-state index in [1.165, 1.54) is 23.2 Å². The second-order valence-electron chi connectivity index (χ2n) is 7.17. The highest BCUT2D eigenvalue weighted by molar-refractivity contribution is 7.89. The number of benzene rings is 1. The van der Waals surface area contributed by atoms with Crippen molar-refractivity contribution in [2.24, 2.45) is 5.92 Å². The number of carboxylic acid groups (broad SMARTS) is 1. The molecule has 0 spiro atoms. The van der Waals surface area contributed by atoms with E-state index < -0.39 is 22.2 Å². The molecule has 0 aromatic heterocycles. The van der Waals surface area contributed by atoms with E-state index in [2.05, 4.69) is 20.8 Å². The summed E-state index contributed by atoms with van der Waals surface area (Å²) >= 11 is 0. The number of hydrogen-bond donors (Lipinski definition) is 7. The Morgan fingerprint density at radius 2 is 2.03 bits per heavy atom. The van der Waals surface area contributed by atoms with Gasteiger partial charge in [0.05, 0.1) is 12.3 Å². The molecule has 1 aromatic rings. The number of aliphatic hydroxyl groups excluding tert-OH is 1. The van der Waals surface area contributed by atoms with Gasteiger partial charge in [-0.1, -0.05) is 6.07 Å². The number of carbonyl (C=O) groups excluding carboxylic acids is 1. The molecule has 1 heterocycles. The molecule has 1 aliphatic rings. The standard InChI is InChI=1S/C17H28N6O6S/c1-11(21-17(26)27)4-5-23(9-13-7-19-16(25)20-8-13)22-30(28,29)15-3-2-12(10-24)6-14(15)18/h2-3,6,11,13,21-22,24H,4-5,7-10,18H2,1H3,(H,26,27)(H2,19,20,25). The average Bonchev–Trinajstić information content (AvgIpc) is 2.66. The van der Waals surface area contributed by atoms with Crippen LogP contribution in [0, 0.1) is 5.92 Å². The summed E-state index contributed by atoms with van der Waals surface area (Å²) in [5.74, 6) is -0.0674. The van der Waals surface area contributed by atoms with E-state index in [0.29, 0.717) is 25.1 Å². The van der Waals surface area contributed by atoms with E-state index in [1.54, 1.807) is 6.92 Å². The summed E-state index contributed by atoms with van der Waals surface area (Å²) in [6, 6.07) is 3.49. The number of nitrogens with zero attached hydrogens (tertiary/aromatic N) is 1. The van der Waals surface area contributed by atoms with Crippen LogP contribution in [0.1, 0.15) is 18.9 Å². The van der Waals surface area contributed by atoms with Crippen LogP contribution in [0.2, 0.25) is 0 Å². The van der Waals surface area contributed by atoms with Gasteiger partial charge in [-0.15, -0.1) is 4.83 Å². The van der Waals surface area contributed by atoms with E-state index in [1.807, 2.05) is 0 Å². The van der Waals surface area contributed by atoms with Crippen molar-refractivity contribution in [3.63, 3.8) is 0 Å². The Hall–Kier alpha value is -2.61. The number of anilines is 1.